The Bertz CT molecular complexity index is 2320. The Labute approximate surface area is 242 Å². The van der Waals surface area contributed by atoms with Crippen molar-refractivity contribution >= 4 is 32.7 Å². The number of fused-ring (bicyclic) bond motifs is 10. The number of hydrogen-bond donors (Lipinski definition) is 0. The first-order chi connectivity index (χ1) is 20.8. The minimum Gasteiger partial charge on any atom is -0.405 e. The summed E-state index contributed by atoms with van der Waals surface area (Å²) in [6.07, 6.45) is -4.90. The molecular formula is C35H13F3N4O. The number of ether oxygens (including phenoxy) is 1. The Balaban J connectivity index is 1.65. The quantitative estimate of drug-likeness (QED) is 0.186. The Morgan fingerprint density at radius 1 is 0.535 bits per heavy atom. The van der Waals surface area contributed by atoms with E-state index in [2.05, 4.69) is 4.74 Å². The third-order valence-corrected chi connectivity index (χ3v) is 7.90. The van der Waals surface area contributed by atoms with Crippen LogP contribution in [0, 0.1) is 45.3 Å². The molecule has 5 aromatic carbocycles. The lowest BCUT2D eigenvalue weighted by Gasteiger charge is -2.14. The molecule has 200 valence electrons. The van der Waals surface area contributed by atoms with Crippen molar-refractivity contribution in [2.45, 2.75) is 6.36 Å². The Hall–Kier alpha value is -6.35. The standard InChI is InChI=1S/C35H13F3N4O/c36-35(37,38)43-30-7-3-6-23-22(30)10-11-25-32(20(16-41)17-42)27-12-26-28(13-29(27)34(23)25)33-21-5-2-1-4-18(21)8-9-24(33)31(26)19(14-39)15-40/h1-13H. The molecule has 0 saturated heterocycles. The minimum absolute atomic E-state index is 0.0866. The van der Waals surface area contributed by atoms with Crippen molar-refractivity contribution in [2.75, 3.05) is 0 Å². The second kappa shape index (κ2) is 9.08. The van der Waals surface area contributed by atoms with Crippen molar-refractivity contribution in [3.8, 4) is 52.3 Å². The van der Waals surface area contributed by atoms with Crippen molar-refractivity contribution in [1.82, 2.24) is 0 Å². The molecule has 0 saturated carbocycles. The molecule has 0 amide bonds. The highest BCUT2D eigenvalue weighted by molar-refractivity contribution is 6.19. The molecule has 0 spiro atoms. The lowest BCUT2D eigenvalue weighted by atomic mass is 9.92. The number of hydrogen-bond acceptors (Lipinski definition) is 5. The summed E-state index contributed by atoms with van der Waals surface area (Å²) in [6.45, 7) is 0. The fourth-order valence-electron chi connectivity index (χ4n) is 6.34. The number of nitriles is 4. The SMILES string of the molecule is N#CC(C#N)=C1c2cc3c(cc2-c2c1ccc1ccccc21)-c1c(ccc2c(OC(F)(F)F)cccc12)C3=C(C#N)C#N. The molecule has 43 heavy (non-hydrogen) atoms. The van der Waals surface area contributed by atoms with Crippen LogP contribution < -0.4 is 4.74 Å². The van der Waals surface area contributed by atoms with E-state index in [0.29, 0.717) is 49.9 Å². The molecule has 0 unspecified atom stereocenters. The van der Waals surface area contributed by atoms with E-state index in [1.54, 1.807) is 18.2 Å². The van der Waals surface area contributed by atoms with Crippen LogP contribution in [0.25, 0.3) is 54.9 Å². The van der Waals surface area contributed by atoms with Crippen LogP contribution >= 0.6 is 0 Å². The fourth-order valence-corrected chi connectivity index (χ4v) is 6.34. The number of rotatable bonds is 1. The second-order valence-corrected chi connectivity index (χ2v) is 9.99. The van der Waals surface area contributed by atoms with Gasteiger partial charge in [0.2, 0.25) is 0 Å². The number of halogens is 3. The van der Waals surface area contributed by atoms with Crippen molar-refractivity contribution in [3.05, 3.63) is 112 Å². The zero-order valence-electron chi connectivity index (χ0n) is 21.8. The summed E-state index contributed by atoms with van der Waals surface area (Å²) in [5, 5.41) is 42.2. The number of alkyl halides is 3. The molecule has 0 aliphatic heterocycles. The average molecular weight is 563 g/mol. The van der Waals surface area contributed by atoms with E-state index in [1.165, 1.54) is 18.2 Å². The van der Waals surface area contributed by atoms with Gasteiger partial charge in [-0.15, -0.1) is 13.2 Å². The van der Waals surface area contributed by atoms with Gasteiger partial charge in [-0.1, -0.05) is 54.6 Å². The summed E-state index contributed by atoms with van der Waals surface area (Å²) < 4.78 is 44.1. The zero-order chi connectivity index (χ0) is 30.0. The Morgan fingerprint density at radius 2 is 1.07 bits per heavy atom. The molecule has 2 aliphatic rings. The molecular weight excluding hydrogens is 549 g/mol. The van der Waals surface area contributed by atoms with E-state index in [1.807, 2.05) is 66.7 Å². The normalized spacial score (nSPS) is 12.3. The molecule has 0 aromatic heterocycles. The van der Waals surface area contributed by atoms with Crippen LogP contribution in [0.3, 0.4) is 0 Å². The number of benzene rings is 5. The van der Waals surface area contributed by atoms with Crippen molar-refractivity contribution in [3.63, 3.8) is 0 Å². The smallest absolute Gasteiger partial charge is 0.405 e. The first kappa shape index (κ1) is 25.6. The molecule has 0 heterocycles. The van der Waals surface area contributed by atoms with Crippen molar-refractivity contribution in [1.29, 1.82) is 21.0 Å². The van der Waals surface area contributed by atoms with Gasteiger partial charge in [-0.3, -0.25) is 0 Å². The largest absolute Gasteiger partial charge is 0.573 e. The Morgan fingerprint density at radius 3 is 1.67 bits per heavy atom. The van der Waals surface area contributed by atoms with E-state index < -0.39 is 6.36 Å². The second-order valence-electron chi connectivity index (χ2n) is 9.99. The monoisotopic (exact) mass is 562 g/mol. The van der Waals surface area contributed by atoms with Gasteiger partial charge < -0.3 is 4.74 Å². The highest BCUT2D eigenvalue weighted by Crippen LogP contribution is 2.56. The molecule has 5 aromatic rings. The summed E-state index contributed by atoms with van der Waals surface area (Å²) in [7, 11) is 0. The first-order valence-electron chi connectivity index (χ1n) is 12.9. The molecule has 0 fully saturated rings. The first-order valence-corrected chi connectivity index (χ1v) is 12.9. The summed E-state index contributed by atoms with van der Waals surface area (Å²) in [5.41, 5.74) is 5.53. The maximum atomic E-state index is 13.3. The number of nitrogens with zero attached hydrogens (tertiary/aromatic N) is 4. The van der Waals surface area contributed by atoms with Crippen molar-refractivity contribution < 1.29 is 17.9 Å². The van der Waals surface area contributed by atoms with E-state index in [0.717, 1.165) is 21.9 Å². The molecule has 0 atom stereocenters. The predicted molar refractivity (Wildman–Crippen MR) is 154 cm³/mol. The summed E-state index contributed by atoms with van der Waals surface area (Å²) in [6, 6.07) is 30.5. The van der Waals surface area contributed by atoms with E-state index >= 15 is 0 Å². The molecule has 2 aliphatic carbocycles. The summed E-state index contributed by atoms with van der Waals surface area (Å²) in [5.74, 6) is -0.372. The summed E-state index contributed by atoms with van der Waals surface area (Å²) >= 11 is 0. The highest BCUT2D eigenvalue weighted by Gasteiger charge is 2.36. The predicted octanol–water partition coefficient (Wildman–Crippen LogP) is 8.55. The topological polar surface area (TPSA) is 104 Å². The van der Waals surface area contributed by atoms with Gasteiger partial charge in [-0.05, 0) is 84.9 Å². The molecule has 0 radical (unpaired) electrons. The molecule has 8 heteroatoms. The lowest BCUT2D eigenvalue weighted by Crippen LogP contribution is -2.17. The zero-order valence-corrected chi connectivity index (χ0v) is 21.8. The van der Waals surface area contributed by atoms with Gasteiger partial charge in [0.05, 0.1) is 0 Å². The van der Waals surface area contributed by atoms with Gasteiger partial charge in [-0.25, -0.2) is 0 Å². The van der Waals surface area contributed by atoms with Crippen LogP contribution in [0.2, 0.25) is 0 Å². The molecule has 0 bridgehead atoms. The van der Waals surface area contributed by atoms with E-state index in [-0.39, 0.29) is 22.3 Å². The van der Waals surface area contributed by atoms with Crippen LogP contribution in [-0.2, 0) is 0 Å². The maximum Gasteiger partial charge on any atom is 0.573 e. The van der Waals surface area contributed by atoms with Crippen LogP contribution in [0.15, 0.2) is 90.0 Å². The number of allylic oxidation sites excluding steroid dienone is 2. The van der Waals surface area contributed by atoms with E-state index in [4.69, 9.17) is 0 Å². The minimum atomic E-state index is -4.90. The maximum absolute atomic E-state index is 13.3. The van der Waals surface area contributed by atoms with Gasteiger partial charge in [0.25, 0.3) is 0 Å². The van der Waals surface area contributed by atoms with Gasteiger partial charge in [0.1, 0.15) is 41.2 Å². The molecule has 7 rings (SSSR count). The van der Waals surface area contributed by atoms with Crippen LogP contribution in [0.4, 0.5) is 13.2 Å². The fraction of sp³-hybridized carbons (Fsp3) is 0.0286. The summed E-state index contributed by atoms with van der Waals surface area (Å²) in [4.78, 5) is 0. The molecule has 0 N–H and O–H groups in total. The third-order valence-electron chi connectivity index (χ3n) is 7.90. The van der Waals surface area contributed by atoms with Crippen LogP contribution in [0.5, 0.6) is 5.75 Å². The highest BCUT2D eigenvalue weighted by atomic mass is 19.4. The third kappa shape index (κ3) is 3.62. The average Bonchev–Trinajstić information content (AvgIpc) is 3.50. The van der Waals surface area contributed by atoms with Crippen LogP contribution in [0.1, 0.15) is 22.3 Å². The van der Waals surface area contributed by atoms with Gasteiger partial charge >= 0.3 is 6.36 Å². The van der Waals surface area contributed by atoms with Gasteiger partial charge in [0, 0.05) is 16.5 Å². The lowest BCUT2D eigenvalue weighted by molar-refractivity contribution is -0.274. The van der Waals surface area contributed by atoms with Crippen molar-refractivity contribution in [2.24, 2.45) is 0 Å². The van der Waals surface area contributed by atoms with Crippen LogP contribution in [-0.4, -0.2) is 6.36 Å². The van der Waals surface area contributed by atoms with Gasteiger partial charge in [-0.2, -0.15) is 21.0 Å². The van der Waals surface area contributed by atoms with E-state index in [9.17, 15) is 34.2 Å². The van der Waals surface area contributed by atoms with Gasteiger partial charge in [0.15, 0.2) is 0 Å². The molecule has 5 nitrogen and oxygen atoms in total. The Kier molecular flexibility index (Phi) is 5.41.